The Labute approximate surface area is 126 Å². The number of ether oxygens (including phenoxy) is 1. The van der Waals surface area contributed by atoms with E-state index in [0.717, 1.165) is 11.1 Å². The third kappa shape index (κ3) is 4.45. The average Bonchev–Trinajstić information content (AvgIpc) is 2.48. The molecule has 2 nitrogen and oxygen atoms in total. The third-order valence-electron chi connectivity index (χ3n) is 3.57. The maximum atomic E-state index is 11.9. The Morgan fingerprint density at radius 2 is 1.48 bits per heavy atom. The summed E-state index contributed by atoms with van der Waals surface area (Å²) in [5.41, 5.74) is 3.30. The van der Waals surface area contributed by atoms with Crippen molar-refractivity contribution < 1.29 is 9.53 Å². The SMILES string of the molecule is CC(C)c1ccc([C@@H](C)OC(=O)Cc2ccccc2)cc1. The molecule has 0 N–H and O–H groups in total. The van der Waals surface area contributed by atoms with Crippen LogP contribution in [0.1, 0.15) is 49.5 Å². The molecule has 0 bridgehead atoms. The fourth-order valence-corrected chi connectivity index (χ4v) is 2.22. The van der Waals surface area contributed by atoms with E-state index in [9.17, 15) is 4.79 Å². The minimum absolute atomic E-state index is 0.193. The van der Waals surface area contributed by atoms with Gasteiger partial charge >= 0.3 is 5.97 Å². The number of esters is 1. The molecule has 0 saturated heterocycles. The largest absolute Gasteiger partial charge is 0.458 e. The number of carbonyl (C=O) groups is 1. The second-order valence-corrected chi connectivity index (χ2v) is 5.62. The van der Waals surface area contributed by atoms with Crippen molar-refractivity contribution in [3.8, 4) is 0 Å². The molecule has 2 aromatic carbocycles. The predicted molar refractivity (Wildman–Crippen MR) is 85.2 cm³/mol. The second kappa shape index (κ2) is 7.07. The summed E-state index contributed by atoms with van der Waals surface area (Å²) in [7, 11) is 0. The van der Waals surface area contributed by atoms with Crippen molar-refractivity contribution in [3.63, 3.8) is 0 Å². The number of benzene rings is 2. The fraction of sp³-hybridized carbons (Fsp3) is 0.316. The van der Waals surface area contributed by atoms with Crippen LogP contribution in [0.25, 0.3) is 0 Å². The van der Waals surface area contributed by atoms with E-state index >= 15 is 0 Å². The summed E-state index contributed by atoms with van der Waals surface area (Å²) in [6.07, 6.45) is 0.0948. The Kier molecular flexibility index (Phi) is 5.15. The van der Waals surface area contributed by atoms with Crippen molar-refractivity contribution in [3.05, 3.63) is 71.3 Å². The normalized spacial score (nSPS) is 12.2. The van der Waals surface area contributed by atoms with Crippen LogP contribution >= 0.6 is 0 Å². The number of carbonyl (C=O) groups excluding carboxylic acids is 1. The van der Waals surface area contributed by atoms with Crippen molar-refractivity contribution in [2.45, 2.75) is 39.2 Å². The maximum absolute atomic E-state index is 11.9. The molecule has 0 aliphatic carbocycles. The lowest BCUT2D eigenvalue weighted by molar-refractivity contribution is -0.147. The summed E-state index contributed by atoms with van der Waals surface area (Å²) < 4.78 is 5.50. The Morgan fingerprint density at radius 1 is 0.905 bits per heavy atom. The van der Waals surface area contributed by atoms with Crippen LogP contribution in [0.3, 0.4) is 0 Å². The first-order chi connectivity index (χ1) is 10.1. The molecule has 2 rings (SSSR count). The van der Waals surface area contributed by atoms with E-state index in [-0.39, 0.29) is 12.1 Å². The van der Waals surface area contributed by atoms with Crippen LogP contribution < -0.4 is 0 Å². The molecule has 2 heteroatoms. The monoisotopic (exact) mass is 282 g/mol. The van der Waals surface area contributed by atoms with Gasteiger partial charge in [0, 0.05) is 0 Å². The molecule has 110 valence electrons. The van der Waals surface area contributed by atoms with Crippen molar-refractivity contribution >= 4 is 5.97 Å². The van der Waals surface area contributed by atoms with Gasteiger partial charge in [-0.1, -0.05) is 68.4 Å². The zero-order chi connectivity index (χ0) is 15.2. The number of hydrogen-bond donors (Lipinski definition) is 0. The van der Waals surface area contributed by atoms with Gasteiger partial charge in [-0.2, -0.15) is 0 Å². The highest BCUT2D eigenvalue weighted by atomic mass is 16.5. The summed E-state index contributed by atoms with van der Waals surface area (Å²) in [6.45, 7) is 6.24. The molecule has 21 heavy (non-hydrogen) atoms. The first-order valence-electron chi connectivity index (χ1n) is 7.39. The minimum Gasteiger partial charge on any atom is -0.458 e. The summed E-state index contributed by atoms with van der Waals surface area (Å²) in [6, 6.07) is 17.9. The van der Waals surface area contributed by atoms with Gasteiger partial charge in [0.2, 0.25) is 0 Å². The van der Waals surface area contributed by atoms with Gasteiger partial charge in [0.1, 0.15) is 6.10 Å². The van der Waals surface area contributed by atoms with Crippen LogP contribution in [0.15, 0.2) is 54.6 Å². The number of rotatable bonds is 5. The standard InChI is InChI=1S/C19H22O2/c1-14(2)17-9-11-18(12-10-17)15(3)21-19(20)13-16-7-5-4-6-8-16/h4-12,14-15H,13H2,1-3H3/t15-/m1/s1. The van der Waals surface area contributed by atoms with Crippen molar-refractivity contribution in [1.29, 1.82) is 0 Å². The van der Waals surface area contributed by atoms with E-state index in [0.29, 0.717) is 12.3 Å². The van der Waals surface area contributed by atoms with Gasteiger partial charge in [0.15, 0.2) is 0 Å². The molecule has 0 unspecified atom stereocenters. The lowest BCUT2D eigenvalue weighted by atomic mass is 10.0. The molecule has 0 fully saturated rings. The Hall–Kier alpha value is -2.09. The van der Waals surface area contributed by atoms with E-state index in [1.165, 1.54) is 5.56 Å². The van der Waals surface area contributed by atoms with Gasteiger partial charge in [-0.05, 0) is 29.5 Å². The second-order valence-electron chi connectivity index (χ2n) is 5.62. The van der Waals surface area contributed by atoms with Crippen LogP contribution in [0.4, 0.5) is 0 Å². The van der Waals surface area contributed by atoms with Crippen LogP contribution in [-0.2, 0) is 16.0 Å². The lowest BCUT2D eigenvalue weighted by Crippen LogP contribution is -2.11. The molecule has 2 aromatic rings. The van der Waals surface area contributed by atoms with Crippen LogP contribution in [0.5, 0.6) is 0 Å². The molecule has 0 amide bonds. The quantitative estimate of drug-likeness (QED) is 0.746. The highest BCUT2D eigenvalue weighted by molar-refractivity contribution is 5.72. The van der Waals surface area contributed by atoms with E-state index < -0.39 is 0 Å². The Balaban J connectivity index is 1.94. The Bertz CT molecular complexity index is 570. The lowest BCUT2D eigenvalue weighted by Gasteiger charge is -2.15. The number of hydrogen-bond acceptors (Lipinski definition) is 2. The van der Waals surface area contributed by atoms with E-state index in [4.69, 9.17) is 4.74 Å². The Morgan fingerprint density at radius 3 is 2.05 bits per heavy atom. The fourth-order valence-electron chi connectivity index (χ4n) is 2.22. The summed E-state index contributed by atoms with van der Waals surface area (Å²) >= 11 is 0. The molecule has 0 aliphatic heterocycles. The van der Waals surface area contributed by atoms with Gasteiger partial charge in [-0.25, -0.2) is 0 Å². The molecule has 0 radical (unpaired) electrons. The highest BCUT2D eigenvalue weighted by Crippen LogP contribution is 2.21. The van der Waals surface area contributed by atoms with Crippen LogP contribution in [0.2, 0.25) is 0 Å². The topological polar surface area (TPSA) is 26.3 Å². The van der Waals surface area contributed by atoms with Crippen molar-refractivity contribution in [2.75, 3.05) is 0 Å². The van der Waals surface area contributed by atoms with E-state index in [1.807, 2.05) is 49.4 Å². The predicted octanol–water partition coefficient (Wildman–Crippen LogP) is 4.66. The molecular weight excluding hydrogens is 260 g/mol. The van der Waals surface area contributed by atoms with Gasteiger partial charge in [-0.3, -0.25) is 4.79 Å². The van der Waals surface area contributed by atoms with Gasteiger partial charge in [0.25, 0.3) is 0 Å². The smallest absolute Gasteiger partial charge is 0.310 e. The van der Waals surface area contributed by atoms with Gasteiger partial charge in [0.05, 0.1) is 6.42 Å². The van der Waals surface area contributed by atoms with E-state index in [1.54, 1.807) is 0 Å². The third-order valence-corrected chi connectivity index (χ3v) is 3.57. The summed E-state index contributed by atoms with van der Waals surface area (Å²) in [4.78, 5) is 11.9. The zero-order valence-corrected chi connectivity index (χ0v) is 12.9. The molecule has 0 aromatic heterocycles. The molecular formula is C19H22O2. The first-order valence-corrected chi connectivity index (χ1v) is 7.39. The van der Waals surface area contributed by atoms with Gasteiger partial charge in [-0.15, -0.1) is 0 Å². The van der Waals surface area contributed by atoms with Crippen molar-refractivity contribution in [1.82, 2.24) is 0 Å². The zero-order valence-electron chi connectivity index (χ0n) is 12.9. The maximum Gasteiger partial charge on any atom is 0.310 e. The minimum atomic E-state index is -0.220. The molecule has 0 aliphatic rings. The van der Waals surface area contributed by atoms with E-state index in [2.05, 4.69) is 26.0 Å². The average molecular weight is 282 g/mol. The van der Waals surface area contributed by atoms with Crippen LogP contribution in [0, 0.1) is 0 Å². The molecule has 0 spiro atoms. The molecule has 0 saturated carbocycles. The summed E-state index contributed by atoms with van der Waals surface area (Å²) in [5.74, 6) is 0.316. The highest BCUT2D eigenvalue weighted by Gasteiger charge is 2.12. The van der Waals surface area contributed by atoms with Crippen LogP contribution in [-0.4, -0.2) is 5.97 Å². The van der Waals surface area contributed by atoms with Crippen molar-refractivity contribution in [2.24, 2.45) is 0 Å². The van der Waals surface area contributed by atoms with Gasteiger partial charge < -0.3 is 4.74 Å². The molecule has 0 heterocycles. The summed E-state index contributed by atoms with van der Waals surface area (Å²) in [5, 5.41) is 0. The first kappa shape index (κ1) is 15.3. The molecule has 1 atom stereocenters.